The summed E-state index contributed by atoms with van der Waals surface area (Å²) >= 11 is 0. The van der Waals surface area contributed by atoms with E-state index in [4.69, 9.17) is 29.8 Å². The second-order valence-electron chi connectivity index (χ2n) is 7.19. The van der Waals surface area contributed by atoms with Gasteiger partial charge >= 0.3 is 5.97 Å². The second kappa shape index (κ2) is 11.4. The fourth-order valence-electron chi connectivity index (χ4n) is 3.60. The van der Waals surface area contributed by atoms with E-state index < -0.39 is 5.97 Å². The molecule has 3 atom stereocenters. The third-order valence-corrected chi connectivity index (χ3v) is 5.02. The van der Waals surface area contributed by atoms with Gasteiger partial charge in [0.15, 0.2) is 5.82 Å². The number of carbonyl (C=O) groups is 2. The molecule has 170 valence electrons. The molecule has 0 spiro atoms. The summed E-state index contributed by atoms with van der Waals surface area (Å²) in [5.74, 6) is 0.797. The Hall–Kier alpha value is -2.98. The van der Waals surface area contributed by atoms with Crippen molar-refractivity contribution in [2.45, 2.75) is 50.7 Å². The van der Waals surface area contributed by atoms with Crippen molar-refractivity contribution in [1.29, 1.82) is 0 Å². The van der Waals surface area contributed by atoms with Crippen LogP contribution in [0.1, 0.15) is 43.8 Å². The van der Waals surface area contributed by atoms with Gasteiger partial charge in [-0.2, -0.15) is 5.10 Å². The zero-order valence-electron chi connectivity index (χ0n) is 18.3. The van der Waals surface area contributed by atoms with Gasteiger partial charge in [-0.15, -0.1) is 0 Å². The molecule has 0 aliphatic heterocycles. The summed E-state index contributed by atoms with van der Waals surface area (Å²) in [6.07, 6.45) is 2.55. The first-order valence-electron chi connectivity index (χ1n) is 9.94. The lowest BCUT2D eigenvalue weighted by Crippen LogP contribution is -2.41. The molecule has 0 bridgehead atoms. The van der Waals surface area contributed by atoms with Crippen molar-refractivity contribution in [3.05, 3.63) is 35.9 Å². The number of methoxy groups -OCH3 is 3. The first-order valence-corrected chi connectivity index (χ1v) is 9.94. The van der Waals surface area contributed by atoms with Gasteiger partial charge in [0.2, 0.25) is 0 Å². The molecule has 0 amide bonds. The molecule has 10 nitrogen and oxygen atoms in total. The minimum Gasteiger partial charge on any atom is -0.494 e. The fraction of sp³-hybridized carbons (Fsp3) is 0.524. The molecule has 3 rings (SSSR count). The molecule has 10 heteroatoms. The molecular formula is C21H30N4O6. The zero-order chi connectivity index (χ0) is 23.0. The Morgan fingerprint density at radius 2 is 1.90 bits per heavy atom. The second-order valence-corrected chi connectivity index (χ2v) is 7.19. The van der Waals surface area contributed by atoms with Crippen LogP contribution >= 0.6 is 0 Å². The van der Waals surface area contributed by atoms with Gasteiger partial charge in [0, 0.05) is 26.0 Å². The molecule has 1 fully saturated rings. The van der Waals surface area contributed by atoms with Gasteiger partial charge < -0.3 is 25.1 Å². The van der Waals surface area contributed by atoms with E-state index in [0.29, 0.717) is 11.6 Å². The summed E-state index contributed by atoms with van der Waals surface area (Å²) in [6, 6.07) is 7.53. The molecule has 1 aromatic carbocycles. The Morgan fingerprint density at radius 3 is 2.48 bits per heavy atom. The minimum atomic E-state index is -0.833. The van der Waals surface area contributed by atoms with Gasteiger partial charge in [0.05, 0.1) is 20.3 Å². The monoisotopic (exact) mass is 434 g/mol. The first-order chi connectivity index (χ1) is 14.8. The Morgan fingerprint density at radius 1 is 1.23 bits per heavy atom. The fourth-order valence-corrected chi connectivity index (χ4v) is 3.60. The SMILES string of the molecule is CC(=O)O.COC(=O)Cc1nc([C@H]2CC[C@@H](OC)[C@H](N)C2)n(-c2ccccc2OC)n1. The van der Waals surface area contributed by atoms with Gasteiger partial charge in [-0.1, -0.05) is 12.1 Å². The standard InChI is InChI=1S/C19H26N4O4.C2H4O2/c1-25-15-9-8-12(10-13(15)20)19-21-17(11-18(24)27-3)22-23(19)14-6-4-5-7-16(14)26-2;1-2(3)4/h4-7,12-13,15H,8-11,20H2,1-3H3;1H3,(H,3,4)/t12-,13+,15+;/m0./s1. The molecule has 1 aromatic heterocycles. The normalized spacial score (nSPS) is 20.4. The van der Waals surface area contributed by atoms with Crippen LogP contribution in [0.5, 0.6) is 5.75 Å². The van der Waals surface area contributed by atoms with E-state index in [1.165, 1.54) is 7.11 Å². The Bertz CT molecular complexity index is 881. The molecule has 2 aromatic rings. The lowest BCUT2D eigenvalue weighted by Gasteiger charge is -2.32. The minimum absolute atomic E-state index is 0.0190. The first kappa shape index (κ1) is 24.3. The summed E-state index contributed by atoms with van der Waals surface area (Å²) < 4.78 is 17.5. The lowest BCUT2D eigenvalue weighted by atomic mass is 9.83. The highest BCUT2D eigenvalue weighted by molar-refractivity contribution is 5.71. The van der Waals surface area contributed by atoms with Crippen molar-refractivity contribution in [2.24, 2.45) is 5.73 Å². The van der Waals surface area contributed by atoms with Crippen LogP contribution in [0.15, 0.2) is 24.3 Å². The lowest BCUT2D eigenvalue weighted by molar-refractivity contribution is -0.140. The van der Waals surface area contributed by atoms with Crippen molar-refractivity contribution < 1.29 is 28.9 Å². The van der Waals surface area contributed by atoms with Gasteiger partial charge in [0.1, 0.15) is 23.7 Å². The molecule has 1 saturated carbocycles. The van der Waals surface area contributed by atoms with Gasteiger partial charge in [-0.25, -0.2) is 9.67 Å². The number of carboxylic acid groups (broad SMARTS) is 1. The predicted octanol–water partition coefficient (Wildman–Crippen LogP) is 1.69. The number of nitrogens with zero attached hydrogens (tertiary/aromatic N) is 3. The number of aromatic nitrogens is 3. The summed E-state index contributed by atoms with van der Waals surface area (Å²) in [7, 11) is 4.66. The Balaban J connectivity index is 0.000000785. The molecule has 0 saturated heterocycles. The highest BCUT2D eigenvalue weighted by Crippen LogP contribution is 2.35. The van der Waals surface area contributed by atoms with Gasteiger partial charge in [0.25, 0.3) is 5.97 Å². The molecule has 3 N–H and O–H groups in total. The van der Waals surface area contributed by atoms with Crippen LogP contribution < -0.4 is 10.5 Å². The average Bonchev–Trinajstić information content (AvgIpc) is 3.16. The maximum Gasteiger partial charge on any atom is 0.313 e. The number of nitrogens with two attached hydrogens (primary N) is 1. The van der Waals surface area contributed by atoms with Crippen LogP contribution in [0.3, 0.4) is 0 Å². The van der Waals surface area contributed by atoms with Crippen LogP contribution in [0, 0.1) is 0 Å². The summed E-state index contributed by atoms with van der Waals surface area (Å²) in [4.78, 5) is 25.4. The largest absolute Gasteiger partial charge is 0.494 e. The van der Waals surface area contributed by atoms with Crippen LogP contribution in [0.2, 0.25) is 0 Å². The predicted molar refractivity (Wildman–Crippen MR) is 112 cm³/mol. The summed E-state index contributed by atoms with van der Waals surface area (Å²) in [5, 5.41) is 12.0. The van der Waals surface area contributed by atoms with Gasteiger partial charge in [-0.05, 0) is 31.4 Å². The third-order valence-electron chi connectivity index (χ3n) is 5.02. The quantitative estimate of drug-likeness (QED) is 0.650. The highest BCUT2D eigenvalue weighted by Gasteiger charge is 2.32. The Kier molecular flexibility index (Phi) is 8.95. The number of ether oxygens (including phenoxy) is 3. The smallest absolute Gasteiger partial charge is 0.313 e. The van der Waals surface area contributed by atoms with Gasteiger partial charge in [-0.3, -0.25) is 9.59 Å². The van der Waals surface area contributed by atoms with Crippen molar-refractivity contribution >= 4 is 11.9 Å². The summed E-state index contributed by atoms with van der Waals surface area (Å²) in [5.41, 5.74) is 7.07. The Labute approximate surface area is 181 Å². The third kappa shape index (κ3) is 6.50. The number of rotatable bonds is 6. The topological polar surface area (TPSA) is 139 Å². The van der Waals surface area contributed by atoms with Crippen molar-refractivity contribution in [3.8, 4) is 11.4 Å². The van der Waals surface area contributed by atoms with Crippen LogP contribution in [0.25, 0.3) is 5.69 Å². The molecule has 0 unspecified atom stereocenters. The average molecular weight is 434 g/mol. The van der Waals surface area contributed by atoms with Crippen molar-refractivity contribution in [2.75, 3.05) is 21.3 Å². The molecule has 0 radical (unpaired) electrons. The number of esters is 1. The van der Waals surface area contributed by atoms with E-state index in [1.807, 2.05) is 24.3 Å². The van der Waals surface area contributed by atoms with Crippen LogP contribution in [0.4, 0.5) is 0 Å². The number of hydrogen-bond acceptors (Lipinski definition) is 8. The van der Waals surface area contributed by atoms with E-state index in [1.54, 1.807) is 18.9 Å². The summed E-state index contributed by atoms with van der Waals surface area (Å²) in [6.45, 7) is 1.08. The highest BCUT2D eigenvalue weighted by atomic mass is 16.5. The van der Waals surface area contributed by atoms with E-state index >= 15 is 0 Å². The zero-order valence-corrected chi connectivity index (χ0v) is 18.3. The number of hydrogen-bond donors (Lipinski definition) is 2. The number of benzene rings is 1. The van der Waals surface area contributed by atoms with Crippen LogP contribution in [-0.4, -0.2) is 65.3 Å². The number of aliphatic carboxylic acids is 1. The van der Waals surface area contributed by atoms with E-state index in [9.17, 15) is 4.79 Å². The van der Waals surface area contributed by atoms with Crippen molar-refractivity contribution in [1.82, 2.24) is 14.8 Å². The van der Waals surface area contributed by atoms with E-state index in [-0.39, 0.29) is 30.5 Å². The van der Waals surface area contributed by atoms with Crippen molar-refractivity contribution in [3.63, 3.8) is 0 Å². The van der Waals surface area contributed by atoms with Crippen LogP contribution in [-0.2, 0) is 25.5 Å². The molecule has 1 aliphatic carbocycles. The number of carbonyl (C=O) groups excluding carboxylic acids is 1. The maximum atomic E-state index is 11.7. The molecule has 1 heterocycles. The maximum absolute atomic E-state index is 11.7. The number of carboxylic acids is 1. The molecule has 31 heavy (non-hydrogen) atoms. The molecular weight excluding hydrogens is 404 g/mol. The van der Waals surface area contributed by atoms with E-state index in [0.717, 1.165) is 37.7 Å². The molecule has 1 aliphatic rings. The number of para-hydroxylation sites is 2. The van der Waals surface area contributed by atoms with E-state index in [2.05, 4.69) is 10.1 Å².